The van der Waals surface area contributed by atoms with Crippen molar-refractivity contribution in [1.82, 2.24) is 0 Å². The van der Waals surface area contributed by atoms with E-state index in [1.54, 1.807) is 6.08 Å². The minimum absolute atomic E-state index is 0.137. The summed E-state index contributed by atoms with van der Waals surface area (Å²) in [5, 5.41) is 8.85. The highest BCUT2D eigenvalue weighted by Crippen LogP contribution is 2.08. The van der Waals surface area contributed by atoms with Gasteiger partial charge in [-0.25, -0.2) is 0 Å². The van der Waals surface area contributed by atoms with E-state index in [4.69, 9.17) is 16.6 Å². The van der Waals surface area contributed by atoms with Gasteiger partial charge in [0.2, 0.25) is 0 Å². The van der Waals surface area contributed by atoms with Gasteiger partial charge in [0.15, 0.2) is 0 Å². The summed E-state index contributed by atoms with van der Waals surface area (Å²) in [6, 6.07) is 0. The largest absolute Gasteiger partial charge is 0.396 e. The first-order valence-electron chi connectivity index (χ1n) is 4.04. The van der Waals surface area contributed by atoms with Gasteiger partial charge in [0, 0.05) is 12.5 Å². The Balaban J connectivity index is 3.67. The number of unbranched alkanes of at least 4 members (excludes halogenated alkanes) is 1. The molecule has 1 atom stereocenters. The van der Waals surface area contributed by atoms with Crippen molar-refractivity contribution in [3.63, 3.8) is 0 Å². The molecule has 0 aromatic heterocycles. The third-order valence-electron chi connectivity index (χ3n) is 1.59. The van der Waals surface area contributed by atoms with Gasteiger partial charge in [0.25, 0.3) is 0 Å². The molecule has 1 unspecified atom stereocenters. The number of rotatable bonds is 5. The minimum atomic E-state index is 0.137. The molecule has 0 amide bonds. The molecule has 0 aromatic rings. The zero-order chi connectivity index (χ0) is 8.69. The Morgan fingerprint density at radius 1 is 1.55 bits per heavy atom. The molecule has 3 heteroatoms. The molecule has 0 spiro atoms. The number of hydrogen-bond acceptors (Lipinski definition) is 3. The van der Waals surface area contributed by atoms with E-state index in [9.17, 15) is 0 Å². The summed E-state index contributed by atoms with van der Waals surface area (Å²) in [7, 11) is 0. The molecular formula is C8H18N2O. The fourth-order valence-corrected chi connectivity index (χ4v) is 0.966. The summed E-state index contributed by atoms with van der Waals surface area (Å²) >= 11 is 0. The van der Waals surface area contributed by atoms with E-state index in [1.807, 2.05) is 0 Å². The highest BCUT2D eigenvalue weighted by molar-refractivity contribution is 4.94. The van der Waals surface area contributed by atoms with Gasteiger partial charge < -0.3 is 16.6 Å². The lowest BCUT2D eigenvalue weighted by Gasteiger charge is -2.07. The maximum Gasteiger partial charge on any atom is 0.0896 e. The molecule has 0 aliphatic rings. The van der Waals surface area contributed by atoms with Gasteiger partial charge in [-0.15, -0.1) is 0 Å². The van der Waals surface area contributed by atoms with E-state index >= 15 is 0 Å². The second-order valence-corrected chi connectivity index (χ2v) is 2.75. The van der Waals surface area contributed by atoms with Crippen LogP contribution in [0.25, 0.3) is 0 Å². The van der Waals surface area contributed by atoms with Crippen molar-refractivity contribution in [1.29, 1.82) is 0 Å². The van der Waals surface area contributed by atoms with Gasteiger partial charge in [-0.3, -0.25) is 0 Å². The summed E-state index contributed by atoms with van der Waals surface area (Å²) in [5.41, 5.74) is 10.5. The van der Waals surface area contributed by atoms with E-state index in [2.05, 4.69) is 6.92 Å². The third-order valence-corrected chi connectivity index (χ3v) is 1.59. The first kappa shape index (κ1) is 10.3. The van der Waals surface area contributed by atoms with Gasteiger partial charge in [-0.05, 0) is 12.5 Å². The molecular weight excluding hydrogens is 140 g/mol. The van der Waals surface area contributed by atoms with Crippen LogP contribution in [0.1, 0.15) is 26.2 Å². The molecule has 0 fully saturated rings. The van der Waals surface area contributed by atoms with Crippen LogP contribution < -0.4 is 11.5 Å². The van der Waals surface area contributed by atoms with Gasteiger partial charge in [-0.2, -0.15) is 0 Å². The van der Waals surface area contributed by atoms with E-state index < -0.39 is 0 Å². The molecule has 0 radical (unpaired) electrons. The van der Waals surface area contributed by atoms with Crippen molar-refractivity contribution in [2.24, 2.45) is 17.4 Å². The quantitative estimate of drug-likeness (QED) is 0.547. The second kappa shape index (κ2) is 6.04. The van der Waals surface area contributed by atoms with Gasteiger partial charge >= 0.3 is 0 Å². The fourth-order valence-electron chi connectivity index (χ4n) is 0.966. The average Bonchev–Trinajstić information content (AvgIpc) is 1.97. The fraction of sp³-hybridized carbons (Fsp3) is 0.750. The lowest BCUT2D eigenvalue weighted by atomic mass is 10.0. The number of aliphatic hydroxyl groups excluding tert-OH is 1. The van der Waals surface area contributed by atoms with Crippen LogP contribution in [0, 0.1) is 5.92 Å². The average molecular weight is 158 g/mol. The van der Waals surface area contributed by atoms with Crippen LogP contribution in [0.3, 0.4) is 0 Å². The molecule has 3 nitrogen and oxygen atoms in total. The maximum atomic E-state index is 8.85. The molecule has 0 aliphatic carbocycles. The van der Waals surface area contributed by atoms with Crippen molar-refractivity contribution in [2.45, 2.75) is 26.2 Å². The number of hydrogen-bond donors (Lipinski definition) is 3. The predicted molar refractivity (Wildman–Crippen MR) is 46.6 cm³/mol. The zero-order valence-corrected chi connectivity index (χ0v) is 7.09. The Labute approximate surface area is 68.1 Å². The maximum absolute atomic E-state index is 8.85. The summed E-state index contributed by atoms with van der Waals surface area (Å²) in [6.07, 6.45) is 4.92. The van der Waals surface area contributed by atoms with Crippen LogP contribution in [-0.4, -0.2) is 11.7 Å². The molecule has 5 N–H and O–H groups in total. The third kappa shape index (κ3) is 5.73. The summed E-state index contributed by atoms with van der Waals surface area (Å²) in [5.74, 6) is 0.445. The Morgan fingerprint density at radius 3 is 2.55 bits per heavy atom. The summed E-state index contributed by atoms with van der Waals surface area (Å²) < 4.78 is 0. The monoisotopic (exact) mass is 158 g/mol. The molecule has 0 heterocycles. The van der Waals surface area contributed by atoms with Crippen LogP contribution in [0.4, 0.5) is 0 Å². The van der Waals surface area contributed by atoms with Gasteiger partial charge in [0.05, 0.1) is 5.82 Å². The highest BCUT2D eigenvalue weighted by Gasteiger charge is 2.02. The molecule has 0 bridgehead atoms. The summed E-state index contributed by atoms with van der Waals surface area (Å²) in [4.78, 5) is 0. The van der Waals surface area contributed by atoms with Crippen LogP contribution in [0.15, 0.2) is 11.9 Å². The summed E-state index contributed by atoms with van der Waals surface area (Å²) in [6.45, 7) is 2.25. The standard InChI is InChI=1S/C8H18N2O/c1-2-3-4-7(6-11)5-8(9)10/h5,7,11H,2-4,6,9-10H2,1H3. The van der Waals surface area contributed by atoms with Crippen LogP contribution in [-0.2, 0) is 0 Å². The van der Waals surface area contributed by atoms with Crippen molar-refractivity contribution in [2.75, 3.05) is 6.61 Å². The molecule has 0 rings (SSSR count). The number of aliphatic hydroxyl groups is 1. The predicted octanol–water partition coefficient (Wildman–Crippen LogP) is 0.544. The molecule has 11 heavy (non-hydrogen) atoms. The Bertz CT molecular complexity index is 119. The van der Waals surface area contributed by atoms with Gasteiger partial charge in [0.1, 0.15) is 0 Å². The van der Waals surface area contributed by atoms with Gasteiger partial charge in [-0.1, -0.05) is 19.8 Å². The van der Waals surface area contributed by atoms with Crippen molar-refractivity contribution in [3.8, 4) is 0 Å². The molecule has 66 valence electrons. The van der Waals surface area contributed by atoms with Crippen LogP contribution >= 0.6 is 0 Å². The molecule has 0 aromatic carbocycles. The highest BCUT2D eigenvalue weighted by atomic mass is 16.3. The second-order valence-electron chi connectivity index (χ2n) is 2.75. The first-order valence-corrected chi connectivity index (χ1v) is 4.04. The Hall–Kier alpha value is -0.700. The molecule has 0 aliphatic heterocycles. The topological polar surface area (TPSA) is 72.3 Å². The van der Waals surface area contributed by atoms with Crippen LogP contribution in [0.2, 0.25) is 0 Å². The first-order chi connectivity index (χ1) is 5.20. The Kier molecular flexibility index (Phi) is 5.65. The normalized spacial score (nSPS) is 12.5. The number of nitrogens with two attached hydrogens (primary N) is 2. The van der Waals surface area contributed by atoms with Crippen molar-refractivity contribution in [3.05, 3.63) is 11.9 Å². The zero-order valence-electron chi connectivity index (χ0n) is 7.09. The minimum Gasteiger partial charge on any atom is -0.396 e. The van der Waals surface area contributed by atoms with E-state index in [0.717, 1.165) is 19.3 Å². The van der Waals surface area contributed by atoms with Crippen molar-refractivity contribution < 1.29 is 5.11 Å². The lowest BCUT2D eigenvalue weighted by molar-refractivity contribution is 0.243. The van der Waals surface area contributed by atoms with Crippen molar-refractivity contribution >= 4 is 0 Å². The van der Waals surface area contributed by atoms with E-state index in [1.165, 1.54) is 0 Å². The lowest BCUT2D eigenvalue weighted by Crippen LogP contribution is -2.13. The van der Waals surface area contributed by atoms with E-state index in [0.29, 0.717) is 5.82 Å². The molecule has 0 saturated carbocycles. The SMILES string of the molecule is CCCCC(C=C(N)N)CO. The van der Waals surface area contributed by atoms with E-state index in [-0.39, 0.29) is 12.5 Å². The van der Waals surface area contributed by atoms with Crippen LogP contribution in [0.5, 0.6) is 0 Å². The smallest absolute Gasteiger partial charge is 0.0896 e. The molecule has 0 saturated heterocycles. The Morgan fingerprint density at radius 2 is 2.18 bits per heavy atom.